The minimum absolute atomic E-state index is 0.0990. The first-order chi connectivity index (χ1) is 7.91. The Morgan fingerprint density at radius 3 is 2.29 bits per heavy atom. The lowest BCUT2D eigenvalue weighted by molar-refractivity contribution is 0.0682. The summed E-state index contributed by atoms with van der Waals surface area (Å²) < 4.78 is 0. The highest BCUT2D eigenvalue weighted by atomic mass is 16.4. The van der Waals surface area contributed by atoms with Crippen LogP contribution in [0.25, 0.3) is 10.9 Å². The van der Waals surface area contributed by atoms with E-state index in [2.05, 4.69) is 4.98 Å². The fourth-order valence-electron chi connectivity index (χ4n) is 1.93. The third kappa shape index (κ3) is 1.65. The third-order valence-electron chi connectivity index (χ3n) is 2.85. The topological polar surface area (TPSA) is 90.4 Å². The maximum Gasteiger partial charge on any atom is 0.352 e. The zero-order chi connectivity index (χ0) is 12.7. The molecule has 0 unspecified atom stereocenters. The van der Waals surface area contributed by atoms with Gasteiger partial charge in [-0.3, -0.25) is 0 Å². The Balaban J connectivity index is 2.81. The van der Waals surface area contributed by atoms with Crippen molar-refractivity contribution in [2.45, 2.75) is 13.8 Å². The normalized spacial score (nSPS) is 10.7. The molecule has 2 rings (SSSR count). The molecule has 1 aromatic heterocycles. The van der Waals surface area contributed by atoms with Crippen molar-refractivity contribution in [3.05, 3.63) is 34.5 Å². The van der Waals surface area contributed by atoms with Crippen LogP contribution in [0.4, 0.5) is 0 Å². The van der Waals surface area contributed by atoms with Gasteiger partial charge in [-0.2, -0.15) is 0 Å². The van der Waals surface area contributed by atoms with Gasteiger partial charge in [0.15, 0.2) is 0 Å². The number of carboxylic acid groups (broad SMARTS) is 2. The van der Waals surface area contributed by atoms with Crippen molar-refractivity contribution >= 4 is 22.8 Å². The molecule has 0 radical (unpaired) electrons. The van der Waals surface area contributed by atoms with E-state index in [0.29, 0.717) is 22.0 Å². The predicted octanol–water partition coefficient (Wildman–Crippen LogP) is 2.18. The van der Waals surface area contributed by atoms with Crippen molar-refractivity contribution in [1.82, 2.24) is 4.98 Å². The van der Waals surface area contributed by atoms with Gasteiger partial charge in [0.05, 0.1) is 5.56 Å². The smallest absolute Gasteiger partial charge is 0.352 e. The number of hydrogen-bond donors (Lipinski definition) is 3. The van der Waals surface area contributed by atoms with Gasteiger partial charge < -0.3 is 15.2 Å². The van der Waals surface area contributed by atoms with Crippen LogP contribution in [0, 0.1) is 13.8 Å². The quantitative estimate of drug-likeness (QED) is 0.741. The summed E-state index contributed by atoms with van der Waals surface area (Å²) in [5, 5.41) is 18.6. The maximum absolute atomic E-state index is 11.0. The number of carboxylic acids is 2. The number of aromatic nitrogens is 1. The van der Waals surface area contributed by atoms with Crippen LogP contribution in [-0.4, -0.2) is 27.1 Å². The highest BCUT2D eigenvalue weighted by molar-refractivity contribution is 6.01. The summed E-state index contributed by atoms with van der Waals surface area (Å²) in [5.41, 5.74) is 2.08. The van der Waals surface area contributed by atoms with Crippen LogP contribution in [-0.2, 0) is 0 Å². The second kappa shape index (κ2) is 3.62. The standard InChI is InChI=1S/C12H11NO4/c1-5-3-9-8(4-7(5)11(14)15)6(2)10(13-9)12(16)17/h3-4,13H,1-2H3,(H,14,15)(H,16,17). The zero-order valence-corrected chi connectivity index (χ0v) is 9.37. The van der Waals surface area contributed by atoms with Crippen LogP contribution in [0.1, 0.15) is 32.0 Å². The van der Waals surface area contributed by atoms with Crippen LogP contribution < -0.4 is 0 Å². The second-order valence-corrected chi connectivity index (χ2v) is 3.95. The lowest BCUT2D eigenvalue weighted by Gasteiger charge is -2.01. The number of rotatable bonds is 2. The molecule has 0 saturated carbocycles. The van der Waals surface area contributed by atoms with E-state index in [4.69, 9.17) is 10.2 Å². The number of H-pyrrole nitrogens is 1. The van der Waals surface area contributed by atoms with Crippen LogP contribution >= 0.6 is 0 Å². The first kappa shape index (κ1) is 11.2. The fourth-order valence-corrected chi connectivity index (χ4v) is 1.93. The lowest BCUT2D eigenvalue weighted by atomic mass is 10.0. The molecule has 5 heteroatoms. The summed E-state index contributed by atoms with van der Waals surface area (Å²) >= 11 is 0. The van der Waals surface area contributed by atoms with Gasteiger partial charge in [0.25, 0.3) is 0 Å². The minimum Gasteiger partial charge on any atom is -0.478 e. The van der Waals surface area contributed by atoms with E-state index < -0.39 is 11.9 Å². The Hall–Kier alpha value is -2.30. The number of benzene rings is 1. The minimum atomic E-state index is -1.05. The number of nitrogens with one attached hydrogen (secondary N) is 1. The molecule has 0 bridgehead atoms. The summed E-state index contributed by atoms with van der Waals surface area (Å²) in [6.45, 7) is 3.34. The first-order valence-electron chi connectivity index (χ1n) is 5.01. The van der Waals surface area contributed by atoms with E-state index in [-0.39, 0.29) is 11.3 Å². The molecule has 0 atom stereocenters. The van der Waals surface area contributed by atoms with E-state index in [0.717, 1.165) is 0 Å². The molecular formula is C12H11NO4. The van der Waals surface area contributed by atoms with Crippen LogP contribution in [0.5, 0.6) is 0 Å². The van der Waals surface area contributed by atoms with Gasteiger partial charge in [0.2, 0.25) is 0 Å². The second-order valence-electron chi connectivity index (χ2n) is 3.95. The van der Waals surface area contributed by atoms with Crippen molar-refractivity contribution < 1.29 is 19.8 Å². The Morgan fingerprint density at radius 1 is 1.12 bits per heavy atom. The summed E-state index contributed by atoms with van der Waals surface area (Å²) in [6, 6.07) is 3.16. The lowest BCUT2D eigenvalue weighted by Crippen LogP contribution is -1.99. The molecule has 88 valence electrons. The average molecular weight is 233 g/mol. The molecule has 1 aromatic carbocycles. The Bertz CT molecular complexity index is 639. The average Bonchev–Trinajstić information content (AvgIpc) is 2.54. The summed E-state index contributed by atoms with van der Waals surface area (Å²) in [5.74, 6) is -2.06. The molecule has 5 nitrogen and oxygen atoms in total. The van der Waals surface area contributed by atoms with Gasteiger partial charge in [0.1, 0.15) is 5.69 Å². The van der Waals surface area contributed by atoms with Crippen LogP contribution in [0.3, 0.4) is 0 Å². The molecule has 0 spiro atoms. The molecule has 17 heavy (non-hydrogen) atoms. The molecule has 1 heterocycles. The van der Waals surface area contributed by atoms with E-state index >= 15 is 0 Å². The molecule has 2 aromatic rings. The number of carbonyl (C=O) groups is 2. The maximum atomic E-state index is 11.0. The van der Waals surface area contributed by atoms with Crippen LogP contribution in [0.15, 0.2) is 12.1 Å². The number of aryl methyl sites for hydroxylation is 2. The highest BCUT2D eigenvalue weighted by Crippen LogP contribution is 2.25. The van der Waals surface area contributed by atoms with Gasteiger partial charge in [-0.1, -0.05) is 0 Å². The highest BCUT2D eigenvalue weighted by Gasteiger charge is 2.16. The number of aromatic amines is 1. The van der Waals surface area contributed by atoms with Crippen molar-refractivity contribution in [2.24, 2.45) is 0 Å². The van der Waals surface area contributed by atoms with Gasteiger partial charge in [-0.15, -0.1) is 0 Å². The van der Waals surface area contributed by atoms with Crippen molar-refractivity contribution in [1.29, 1.82) is 0 Å². The SMILES string of the molecule is Cc1cc2[nH]c(C(=O)O)c(C)c2cc1C(=O)O. The van der Waals surface area contributed by atoms with E-state index in [1.807, 2.05) is 0 Å². The molecular weight excluding hydrogens is 222 g/mol. The van der Waals surface area contributed by atoms with E-state index in [1.54, 1.807) is 19.9 Å². The van der Waals surface area contributed by atoms with Gasteiger partial charge in [-0.05, 0) is 37.1 Å². The Kier molecular flexibility index (Phi) is 2.38. The van der Waals surface area contributed by atoms with Crippen molar-refractivity contribution in [3.63, 3.8) is 0 Å². The van der Waals surface area contributed by atoms with Gasteiger partial charge in [-0.25, -0.2) is 9.59 Å². The molecule has 0 aliphatic carbocycles. The Labute approximate surface area is 96.7 Å². The zero-order valence-electron chi connectivity index (χ0n) is 9.37. The van der Waals surface area contributed by atoms with Crippen LogP contribution in [0.2, 0.25) is 0 Å². The summed E-state index contributed by atoms with van der Waals surface area (Å²) in [4.78, 5) is 24.7. The van der Waals surface area contributed by atoms with Crippen molar-refractivity contribution in [2.75, 3.05) is 0 Å². The molecule has 0 saturated heterocycles. The molecule has 0 aliphatic heterocycles. The molecule has 3 N–H and O–H groups in total. The molecule has 0 fully saturated rings. The van der Waals surface area contributed by atoms with Crippen molar-refractivity contribution in [3.8, 4) is 0 Å². The van der Waals surface area contributed by atoms with E-state index in [9.17, 15) is 9.59 Å². The third-order valence-corrected chi connectivity index (χ3v) is 2.85. The molecule has 0 aliphatic rings. The van der Waals surface area contributed by atoms with E-state index in [1.165, 1.54) is 6.07 Å². The predicted molar refractivity (Wildman–Crippen MR) is 61.7 cm³/mol. The molecule has 0 amide bonds. The number of hydrogen-bond acceptors (Lipinski definition) is 2. The monoisotopic (exact) mass is 233 g/mol. The largest absolute Gasteiger partial charge is 0.478 e. The number of fused-ring (bicyclic) bond motifs is 1. The first-order valence-corrected chi connectivity index (χ1v) is 5.01. The Morgan fingerprint density at radius 2 is 1.76 bits per heavy atom. The van der Waals surface area contributed by atoms with Gasteiger partial charge >= 0.3 is 11.9 Å². The van der Waals surface area contributed by atoms with Gasteiger partial charge in [0, 0.05) is 10.9 Å². The summed E-state index contributed by atoms with van der Waals surface area (Å²) in [6.07, 6.45) is 0. The summed E-state index contributed by atoms with van der Waals surface area (Å²) in [7, 11) is 0. The number of aromatic carboxylic acids is 2. The fraction of sp³-hybridized carbons (Fsp3) is 0.167.